The molecule has 0 bridgehead atoms. The van der Waals surface area contributed by atoms with Crippen LogP contribution < -0.4 is 5.32 Å². The molecule has 2 aromatic carbocycles. The van der Waals surface area contributed by atoms with Crippen LogP contribution in [0.5, 0.6) is 0 Å². The molecule has 32 heavy (non-hydrogen) atoms. The van der Waals surface area contributed by atoms with E-state index in [1.54, 1.807) is 18.3 Å². The zero-order valence-electron chi connectivity index (χ0n) is 18.1. The van der Waals surface area contributed by atoms with Crippen molar-refractivity contribution in [2.75, 3.05) is 5.32 Å². The van der Waals surface area contributed by atoms with E-state index >= 15 is 0 Å². The highest BCUT2D eigenvalue weighted by molar-refractivity contribution is 6.31. The van der Waals surface area contributed by atoms with E-state index < -0.39 is 0 Å². The molecule has 4 nitrogen and oxygen atoms in total. The molecule has 1 saturated carbocycles. The third-order valence-electron chi connectivity index (χ3n) is 6.72. The molecule has 0 radical (unpaired) electrons. The summed E-state index contributed by atoms with van der Waals surface area (Å²) in [5.41, 5.74) is 2.12. The van der Waals surface area contributed by atoms with Gasteiger partial charge in [0.25, 0.3) is 0 Å². The smallest absolute Gasteiger partial charge is 0.156 e. The Kier molecular flexibility index (Phi) is 5.92. The van der Waals surface area contributed by atoms with Crippen molar-refractivity contribution < 1.29 is 4.39 Å². The molecule has 1 fully saturated rings. The van der Waals surface area contributed by atoms with Gasteiger partial charge in [-0.1, -0.05) is 11.6 Å². The van der Waals surface area contributed by atoms with E-state index in [0.29, 0.717) is 22.9 Å². The number of aromatic nitrogens is 3. The molecule has 0 amide bonds. The van der Waals surface area contributed by atoms with Gasteiger partial charge in [0, 0.05) is 33.4 Å². The van der Waals surface area contributed by atoms with E-state index in [0.717, 1.165) is 46.8 Å². The summed E-state index contributed by atoms with van der Waals surface area (Å²) in [6.07, 6.45) is 9.28. The van der Waals surface area contributed by atoms with Crippen LogP contribution in [0.3, 0.4) is 0 Å². The summed E-state index contributed by atoms with van der Waals surface area (Å²) in [6, 6.07) is 13.1. The van der Waals surface area contributed by atoms with Crippen molar-refractivity contribution in [2.24, 2.45) is 5.92 Å². The second-order valence-electron chi connectivity index (χ2n) is 8.99. The third kappa shape index (κ3) is 4.40. The van der Waals surface area contributed by atoms with Gasteiger partial charge in [0.05, 0.1) is 11.7 Å². The van der Waals surface area contributed by atoms with E-state index in [1.807, 2.05) is 24.4 Å². The Balaban J connectivity index is 1.23. The largest absolute Gasteiger partial charge is 0.366 e. The Morgan fingerprint density at radius 3 is 2.75 bits per heavy atom. The second-order valence-corrected chi connectivity index (χ2v) is 9.42. The van der Waals surface area contributed by atoms with E-state index in [-0.39, 0.29) is 5.82 Å². The monoisotopic (exact) mass is 448 g/mol. The SMILES string of the molecule is CC(C[C@H]1CC[C@@H](c2ccnc3ccc(F)cc32)CC1)Nc1nncc2cc(Cl)ccc12. The van der Waals surface area contributed by atoms with Crippen molar-refractivity contribution in [3.8, 4) is 0 Å². The number of hydrogen-bond acceptors (Lipinski definition) is 4. The maximum Gasteiger partial charge on any atom is 0.156 e. The molecule has 164 valence electrons. The van der Waals surface area contributed by atoms with Crippen molar-refractivity contribution in [2.45, 2.75) is 51.0 Å². The number of fused-ring (bicyclic) bond motifs is 2. The van der Waals surface area contributed by atoms with Gasteiger partial charge in [0.1, 0.15) is 5.82 Å². The van der Waals surface area contributed by atoms with E-state index in [1.165, 1.54) is 24.5 Å². The number of anilines is 1. The van der Waals surface area contributed by atoms with Crippen molar-refractivity contribution >= 4 is 39.1 Å². The molecule has 1 aliphatic rings. The summed E-state index contributed by atoms with van der Waals surface area (Å²) in [6.45, 7) is 2.21. The third-order valence-corrected chi connectivity index (χ3v) is 6.95. The summed E-state index contributed by atoms with van der Waals surface area (Å²) in [7, 11) is 0. The molecule has 4 aromatic rings. The first kappa shape index (κ1) is 21.1. The van der Waals surface area contributed by atoms with Gasteiger partial charge >= 0.3 is 0 Å². The molecular weight excluding hydrogens is 423 g/mol. The first-order valence-electron chi connectivity index (χ1n) is 11.3. The van der Waals surface area contributed by atoms with Crippen LogP contribution in [0.2, 0.25) is 5.02 Å². The topological polar surface area (TPSA) is 50.7 Å². The number of rotatable bonds is 5. The standard InChI is InChI=1S/C26H26ClFN4/c1-16(31-26-23-8-6-20(27)13-19(23)15-30-32-26)12-17-2-4-18(5-3-17)22-10-11-29-25-9-7-21(28)14-24(22)25/h6-11,13-18H,2-5,12H2,1H3,(H,31,32)/t16?,17-,18+. The number of benzene rings is 2. The first-order valence-corrected chi connectivity index (χ1v) is 11.7. The predicted octanol–water partition coefficient (Wildman–Crippen LogP) is 7.14. The maximum absolute atomic E-state index is 13.8. The van der Waals surface area contributed by atoms with Gasteiger partial charge in [0.2, 0.25) is 0 Å². The highest BCUT2D eigenvalue weighted by atomic mass is 35.5. The van der Waals surface area contributed by atoms with Crippen LogP contribution in [-0.2, 0) is 0 Å². The first-order chi connectivity index (χ1) is 15.6. The van der Waals surface area contributed by atoms with Crippen molar-refractivity contribution in [1.29, 1.82) is 0 Å². The van der Waals surface area contributed by atoms with Crippen LogP contribution >= 0.6 is 11.6 Å². The zero-order chi connectivity index (χ0) is 22.1. The summed E-state index contributed by atoms with van der Waals surface area (Å²) < 4.78 is 13.8. The van der Waals surface area contributed by atoms with Gasteiger partial charge in [-0.15, -0.1) is 5.10 Å². The van der Waals surface area contributed by atoms with Gasteiger partial charge in [0.15, 0.2) is 5.82 Å². The molecule has 0 spiro atoms. The fraction of sp³-hybridized carbons (Fsp3) is 0.346. The van der Waals surface area contributed by atoms with Crippen LogP contribution in [0.15, 0.2) is 54.9 Å². The maximum atomic E-state index is 13.8. The molecule has 1 unspecified atom stereocenters. The predicted molar refractivity (Wildman–Crippen MR) is 129 cm³/mol. The fourth-order valence-electron chi connectivity index (χ4n) is 5.16. The van der Waals surface area contributed by atoms with E-state index in [2.05, 4.69) is 33.5 Å². The lowest BCUT2D eigenvalue weighted by atomic mass is 9.76. The minimum atomic E-state index is -0.195. The van der Waals surface area contributed by atoms with Crippen LogP contribution in [0.25, 0.3) is 21.7 Å². The minimum absolute atomic E-state index is 0.195. The molecule has 2 aromatic heterocycles. The summed E-state index contributed by atoms with van der Waals surface area (Å²) in [4.78, 5) is 4.41. The Morgan fingerprint density at radius 1 is 1.06 bits per heavy atom. The zero-order valence-corrected chi connectivity index (χ0v) is 18.8. The Bertz CT molecular complexity index is 1250. The average Bonchev–Trinajstić information content (AvgIpc) is 2.79. The highest BCUT2D eigenvalue weighted by Crippen LogP contribution is 2.40. The number of pyridine rings is 1. The Labute approximate surface area is 192 Å². The average molecular weight is 449 g/mol. The quantitative estimate of drug-likeness (QED) is 0.352. The highest BCUT2D eigenvalue weighted by Gasteiger charge is 2.25. The number of nitrogens with one attached hydrogen (secondary N) is 1. The second kappa shape index (κ2) is 8.99. The van der Waals surface area contributed by atoms with E-state index in [4.69, 9.17) is 11.6 Å². The van der Waals surface area contributed by atoms with Crippen LogP contribution in [0.1, 0.15) is 50.5 Å². The summed E-state index contributed by atoms with van der Waals surface area (Å²) in [5, 5.41) is 15.7. The molecule has 1 aliphatic carbocycles. The molecule has 0 aliphatic heterocycles. The van der Waals surface area contributed by atoms with Gasteiger partial charge in [-0.3, -0.25) is 4.98 Å². The molecule has 5 rings (SSSR count). The lowest BCUT2D eigenvalue weighted by Crippen LogP contribution is -2.23. The van der Waals surface area contributed by atoms with Gasteiger partial charge in [-0.05, 0) is 98.9 Å². The van der Waals surface area contributed by atoms with E-state index in [9.17, 15) is 4.39 Å². The van der Waals surface area contributed by atoms with Crippen molar-refractivity contribution in [3.63, 3.8) is 0 Å². The summed E-state index contributed by atoms with van der Waals surface area (Å²) in [5.74, 6) is 1.75. The normalized spacial score (nSPS) is 19.8. The minimum Gasteiger partial charge on any atom is -0.366 e. The molecule has 1 atom stereocenters. The number of nitrogens with zero attached hydrogens (tertiary/aromatic N) is 3. The lowest BCUT2D eigenvalue weighted by Gasteiger charge is -2.31. The van der Waals surface area contributed by atoms with Crippen LogP contribution in [0, 0.1) is 11.7 Å². The number of halogens is 2. The van der Waals surface area contributed by atoms with Crippen molar-refractivity contribution in [3.05, 3.63) is 71.3 Å². The van der Waals surface area contributed by atoms with Crippen molar-refractivity contribution in [1.82, 2.24) is 15.2 Å². The molecule has 2 heterocycles. The Hall–Kier alpha value is -2.79. The molecule has 1 N–H and O–H groups in total. The van der Waals surface area contributed by atoms with Crippen LogP contribution in [0.4, 0.5) is 10.2 Å². The lowest BCUT2D eigenvalue weighted by molar-refractivity contribution is 0.302. The molecule has 6 heteroatoms. The van der Waals surface area contributed by atoms with Crippen LogP contribution in [-0.4, -0.2) is 21.2 Å². The fourth-order valence-corrected chi connectivity index (χ4v) is 5.34. The van der Waals surface area contributed by atoms with Gasteiger partial charge in [-0.2, -0.15) is 5.10 Å². The summed E-state index contributed by atoms with van der Waals surface area (Å²) >= 11 is 6.11. The Morgan fingerprint density at radius 2 is 1.91 bits per heavy atom. The number of hydrogen-bond donors (Lipinski definition) is 1. The van der Waals surface area contributed by atoms with Gasteiger partial charge < -0.3 is 5.32 Å². The van der Waals surface area contributed by atoms with Gasteiger partial charge in [-0.25, -0.2) is 4.39 Å². The molecular formula is C26H26ClFN4. The molecule has 0 saturated heterocycles.